The number of hydrogen-bond donors (Lipinski definition) is 3. The molecule has 1 aliphatic carbocycles. The number of hydrogen-bond acceptors (Lipinski definition) is 3. The van der Waals surface area contributed by atoms with Crippen LogP contribution in [-0.2, 0) is 0 Å². The highest BCUT2D eigenvalue weighted by Crippen LogP contribution is 2.40. The normalized spacial score (nSPS) is 27.3. The van der Waals surface area contributed by atoms with E-state index in [4.69, 9.17) is 10.8 Å². The molecule has 2 atom stereocenters. The Hall–Kier alpha value is -0.120. The molecule has 0 aromatic heterocycles. The monoisotopic (exact) mass is 284 g/mol. The molecule has 20 heavy (non-hydrogen) atoms. The highest BCUT2D eigenvalue weighted by atomic mass is 16.3. The van der Waals surface area contributed by atoms with Gasteiger partial charge in [0.2, 0.25) is 0 Å². The number of aliphatic hydroxyl groups excluding tert-OH is 1. The van der Waals surface area contributed by atoms with Crippen molar-refractivity contribution in [2.75, 3.05) is 13.2 Å². The predicted molar refractivity (Wildman–Crippen MR) is 86.7 cm³/mol. The summed E-state index contributed by atoms with van der Waals surface area (Å²) in [6.45, 7) is 10.3. The fourth-order valence-electron chi connectivity index (χ4n) is 3.65. The molecule has 3 nitrogen and oxygen atoms in total. The van der Waals surface area contributed by atoms with Crippen LogP contribution in [0.4, 0.5) is 0 Å². The average Bonchev–Trinajstić information content (AvgIpc) is 2.42. The fraction of sp³-hybridized carbons (Fsp3) is 1.00. The van der Waals surface area contributed by atoms with Crippen molar-refractivity contribution < 1.29 is 5.11 Å². The Bertz CT molecular complexity index is 254. The SMILES string of the molecule is CCC(CCO)NC(CN)C1CCC(C(C)(C)C)CC1. The van der Waals surface area contributed by atoms with Gasteiger partial charge in [0.15, 0.2) is 0 Å². The first-order valence-corrected chi connectivity index (χ1v) is 8.49. The van der Waals surface area contributed by atoms with E-state index in [1.807, 2.05) is 0 Å². The summed E-state index contributed by atoms with van der Waals surface area (Å²) in [5.74, 6) is 1.57. The van der Waals surface area contributed by atoms with Gasteiger partial charge in [0.25, 0.3) is 0 Å². The summed E-state index contributed by atoms with van der Waals surface area (Å²) in [4.78, 5) is 0. The predicted octanol–water partition coefficient (Wildman–Crippen LogP) is 2.92. The van der Waals surface area contributed by atoms with Gasteiger partial charge in [0.05, 0.1) is 0 Å². The van der Waals surface area contributed by atoms with E-state index in [0.717, 1.165) is 18.8 Å². The average molecular weight is 284 g/mol. The molecule has 120 valence electrons. The summed E-state index contributed by atoms with van der Waals surface area (Å²) in [6.07, 6.45) is 7.17. The van der Waals surface area contributed by atoms with Gasteiger partial charge >= 0.3 is 0 Å². The first kappa shape index (κ1) is 17.9. The van der Waals surface area contributed by atoms with Crippen LogP contribution < -0.4 is 11.1 Å². The molecule has 3 heteroatoms. The number of nitrogens with one attached hydrogen (secondary N) is 1. The standard InChI is InChI=1S/C17H36N2O/c1-5-15(10-11-20)19-16(12-18)13-6-8-14(9-7-13)17(2,3)4/h13-16,19-20H,5-12,18H2,1-4H3. The summed E-state index contributed by atoms with van der Waals surface area (Å²) in [7, 11) is 0. The minimum atomic E-state index is 0.263. The van der Waals surface area contributed by atoms with Crippen LogP contribution in [0, 0.1) is 17.3 Å². The zero-order chi connectivity index (χ0) is 15.2. The Morgan fingerprint density at radius 1 is 1.20 bits per heavy atom. The largest absolute Gasteiger partial charge is 0.396 e. The molecule has 0 aromatic carbocycles. The van der Waals surface area contributed by atoms with Crippen LogP contribution in [0.15, 0.2) is 0 Å². The van der Waals surface area contributed by atoms with E-state index in [1.165, 1.54) is 25.7 Å². The third-order valence-electron chi connectivity index (χ3n) is 5.24. The van der Waals surface area contributed by atoms with Gasteiger partial charge < -0.3 is 16.2 Å². The van der Waals surface area contributed by atoms with E-state index in [2.05, 4.69) is 33.0 Å². The van der Waals surface area contributed by atoms with Crippen LogP contribution >= 0.6 is 0 Å². The molecule has 0 saturated heterocycles. The maximum Gasteiger partial charge on any atom is 0.0445 e. The van der Waals surface area contributed by atoms with Crippen molar-refractivity contribution in [3.63, 3.8) is 0 Å². The van der Waals surface area contributed by atoms with E-state index >= 15 is 0 Å². The smallest absolute Gasteiger partial charge is 0.0445 e. The van der Waals surface area contributed by atoms with Crippen LogP contribution in [0.1, 0.15) is 66.2 Å². The van der Waals surface area contributed by atoms with Gasteiger partial charge in [0.1, 0.15) is 0 Å². The Balaban J connectivity index is 2.48. The highest BCUT2D eigenvalue weighted by Gasteiger charge is 2.32. The van der Waals surface area contributed by atoms with Crippen LogP contribution in [0.2, 0.25) is 0 Å². The van der Waals surface area contributed by atoms with E-state index in [-0.39, 0.29) is 6.61 Å². The van der Waals surface area contributed by atoms with Crippen molar-refractivity contribution in [1.29, 1.82) is 0 Å². The first-order chi connectivity index (χ1) is 9.42. The van der Waals surface area contributed by atoms with E-state index in [1.54, 1.807) is 0 Å². The maximum absolute atomic E-state index is 9.12. The molecular weight excluding hydrogens is 248 g/mol. The van der Waals surface area contributed by atoms with Crippen LogP contribution in [-0.4, -0.2) is 30.3 Å². The third-order valence-corrected chi connectivity index (χ3v) is 5.24. The van der Waals surface area contributed by atoms with E-state index < -0.39 is 0 Å². The number of aliphatic hydroxyl groups is 1. The molecule has 2 unspecified atom stereocenters. The van der Waals surface area contributed by atoms with Crippen LogP contribution in [0.25, 0.3) is 0 Å². The lowest BCUT2D eigenvalue weighted by atomic mass is 9.68. The second-order valence-electron chi connectivity index (χ2n) is 7.60. The summed E-state index contributed by atoms with van der Waals surface area (Å²) >= 11 is 0. The molecule has 0 bridgehead atoms. The third kappa shape index (κ3) is 5.34. The van der Waals surface area contributed by atoms with Gasteiger partial charge in [-0.1, -0.05) is 27.7 Å². The lowest BCUT2D eigenvalue weighted by Crippen LogP contribution is -2.48. The number of nitrogens with two attached hydrogens (primary N) is 1. The van der Waals surface area contributed by atoms with Gasteiger partial charge in [-0.3, -0.25) is 0 Å². The minimum Gasteiger partial charge on any atom is -0.396 e. The van der Waals surface area contributed by atoms with Gasteiger partial charge in [-0.15, -0.1) is 0 Å². The molecule has 1 rings (SSSR count). The zero-order valence-corrected chi connectivity index (χ0v) is 14.0. The van der Waals surface area contributed by atoms with Gasteiger partial charge in [0, 0.05) is 25.2 Å². The summed E-state index contributed by atoms with van der Waals surface area (Å²) in [5, 5.41) is 12.8. The van der Waals surface area contributed by atoms with E-state index in [9.17, 15) is 0 Å². The summed E-state index contributed by atoms with van der Waals surface area (Å²) < 4.78 is 0. The Kier molecular flexibility index (Phi) is 7.49. The molecule has 0 radical (unpaired) electrons. The molecule has 1 aliphatic rings. The second kappa shape index (κ2) is 8.35. The topological polar surface area (TPSA) is 58.3 Å². The molecule has 0 heterocycles. The quantitative estimate of drug-likeness (QED) is 0.674. The van der Waals surface area contributed by atoms with Crippen molar-refractivity contribution in [2.45, 2.75) is 78.3 Å². The molecule has 0 amide bonds. The van der Waals surface area contributed by atoms with Crippen molar-refractivity contribution in [3.8, 4) is 0 Å². The van der Waals surface area contributed by atoms with Crippen molar-refractivity contribution in [1.82, 2.24) is 5.32 Å². The van der Waals surface area contributed by atoms with Gasteiger partial charge in [-0.2, -0.15) is 0 Å². The van der Waals surface area contributed by atoms with Crippen molar-refractivity contribution in [2.24, 2.45) is 23.0 Å². The Morgan fingerprint density at radius 2 is 1.80 bits per heavy atom. The second-order valence-corrected chi connectivity index (χ2v) is 7.60. The summed E-state index contributed by atoms with van der Waals surface area (Å²) in [5.41, 5.74) is 6.44. The van der Waals surface area contributed by atoms with Crippen LogP contribution in [0.5, 0.6) is 0 Å². The Morgan fingerprint density at radius 3 is 2.20 bits per heavy atom. The molecule has 4 N–H and O–H groups in total. The summed E-state index contributed by atoms with van der Waals surface area (Å²) in [6, 6.07) is 0.835. The molecule has 0 aromatic rings. The molecule has 1 saturated carbocycles. The molecular formula is C17H36N2O. The fourth-order valence-corrected chi connectivity index (χ4v) is 3.65. The van der Waals surface area contributed by atoms with Crippen LogP contribution in [0.3, 0.4) is 0 Å². The number of rotatable bonds is 7. The lowest BCUT2D eigenvalue weighted by Gasteiger charge is -2.40. The lowest BCUT2D eigenvalue weighted by molar-refractivity contribution is 0.128. The molecule has 0 spiro atoms. The maximum atomic E-state index is 9.12. The zero-order valence-electron chi connectivity index (χ0n) is 14.0. The van der Waals surface area contributed by atoms with Gasteiger partial charge in [-0.05, 0) is 55.8 Å². The first-order valence-electron chi connectivity index (χ1n) is 8.49. The minimum absolute atomic E-state index is 0.263. The van der Waals surface area contributed by atoms with Gasteiger partial charge in [-0.25, -0.2) is 0 Å². The van der Waals surface area contributed by atoms with E-state index in [0.29, 0.717) is 30.0 Å². The molecule has 0 aliphatic heterocycles. The van der Waals surface area contributed by atoms with Crippen molar-refractivity contribution >= 4 is 0 Å². The molecule has 1 fully saturated rings. The highest BCUT2D eigenvalue weighted by molar-refractivity contribution is 4.87. The Labute approximate surface area is 125 Å². The van der Waals surface area contributed by atoms with Crippen molar-refractivity contribution in [3.05, 3.63) is 0 Å².